The predicted molar refractivity (Wildman–Crippen MR) is 534 cm³/mol. The summed E-state index contributed by atoms with van der Waals surface area (Å²) in [6, 6.07) is 179. The third-order valence-electron chi connectivity index (χ3n) is 25.6. The normalized spacial score (nSPS) is 13.3. The highest BCUT2D eigenvalue weighted by Crippen LogP contribution is 2.61. The molecule has 2 nitrogen and oxygen atoms in total. The summed E-state index contributed by atoms with van der Waals surface area (Å²) >= 11 is 3.76. The molecule has 0 saturated carbocycles. The van der Waals surface area contributed by atoms with Crippen molar-refractivity contribution in [2.45, 2.75) is 18.3 Å². The van der Waals surface area contributed by atoms with Crippen molar-refractivity contribution in [3.05, 3.63) is 530 Å². The summed E-state index contributed by atoms with van der Waals surface area (Å²) in [6.07, 6.45) is 0. The van der Waals surface area contributed by atoms with Crippen LogP contribution in [0.1, 0.15) is 51.9 Å². The molecule has 1 atom stereocenters. The molecule has 0 spiro atoms. The molecule has 4 heteroatoms. The average Bonchev–Trinajstić information content (AvgIpc) is 1.54. The van der Waals surface area contributed by atoms with Crippen LogP contribution in [-0.4, -0.2) is 0 Å². The summed E-state index contributed by atoms with van der Waals surface area (Å²) in [5.74, 6) is 0. The second-order valence-corrected chi connectivity index (χ2v) is 34.7. The van der Waals surface area contributed by atoms with Crippen molar-refractivity contribution in [2.75, 3.05) is 9.80 Å². The maximum atomic E-state index is 2.51. The van der Waals surface area contributed by atoms with E-state index in [9.17, 15) is 0 Å². The topological polar surface area (TPSA) is 6.48 Å². The van der Waals surface area contributed by atoms with Gasteiger partial charge in [-0.15, -0.1) is 22.7 Å². The predicted octanol–water partition coefficient (Wildman–Crippen LogP) is 33.9. The van der Waals surface area contributed by atoms with Gasteiger partial charge in [0.2, 0.25) is 0 Å². The maximum absolute atomic E-state index is 2.51. The first kappa shape index (κ1) is 75.9. The molecule has 0 N–H and O–H groups in total. The number of nitrogens with zero attached hydrogens (tertiary/aromatic N) is 2. The Morgan fingerprint density at radius 2 is 0.496 bits per heavy atom. The minimum atomic E-state index is -0.588. The fraction of sp³-hybridized carbons (Fsp3) is 0.0248. The van der Waals surface area contributed by atoms with Crippen LogP contribution in [0, 0.1) is 0 Å². The summed E-state index contributed by atoms with van der Waals surface area (Å²) in [6.45, 7) is 0. The van der Waals surface area contributed by atoms with Crippen molar-refractivity contribution in [1.29, 1.82) is 0 Å². The van der Waals surface area contributed by atoms with Gasteiger partial charge in [0.1, 0.15) is 0 Å². The summed E-state index contributed by atoms with van der Waals surface area (Å²) < 4.78 is 5.11. The van der Waals surface area contributed by atoms with E-state index in [0.29, 0.717) is 0 Å². The Hall–Kier alpha value is -15.3. The first-order valence-corrected chi connectivity index (χ1v) is 44.3. The largest absolute Gasteiger partial charge is 0.310 e. The van der Waals surface area contributed by atoms with Gasteiger partial charge in [-0.2, -0.15) is 0 Å². The monoisotopic (exact) mass is 1630 g/mol. The molecule has 24 rings (SSSR count). The van der Waals surface area contributed by atoms with Gasteiger partial charge < -0.3 is 9.80 Å². The Kier molecular flexibility index (Phi) is 19.4. The molecule has 22 aromatic rings. The average molecular weight is 1630 g/mol. The number of para-hydroxylation sites is 2. The summed E-state index contributed by atoms with van der Waals surface area (Å²) in [4.78, 5) is 4.76. The molecule has 20 aromatic carbocycles. The van der Waals surface area contributed by atoms with Crippen LogP contribution < -0.4 is 9.80 Å². The smallest absolute Gasteiger partial charge is 0.0714 e. The van der Waals surface area contributed by atoms with Crippen LogP contribution in [-0.2, 0) is 10.8 Å². The van der Waals surface area contributed by atoms with Crippen LogP contribution in [0.4, 0.5) is 34.1 Å². The Morgan fingerprint density at radius 3 is 1.06 bits per heavy atom. The standard InChI is InChI=1S/C61H41NS.C59H39NS.CH4/c1-5-18-42(19-6-1)45-24-17-27-51(39-45)62(50-25-11-4-12-26-50)52-33-35-60-56(41-52)55-40-48(32-34-59(55)63-60)61(57-30-15-13-28-53(57)54-29-14-16-31-58(54)61)49-37-46(43-20-7-2-8-21-43)36-47(38-49)44-22-9-3-10-23-44;1-4-15-40(16-5-1)42-27-30-49(31-28-42)60(48-23-8-3-9-24-48)50-32-34-53-52-33-29-47(38-57(52)61-58(53)39-50)59(46-22-14-21-43(35-46)41-17-6-2-7-18-41)55-26-13-12-25-51(55)54-36-44-19-10-11-20-45(44)37-56(54)59;/h1-41H;1-39H;1H4. The lowest BCUT2D eigenvalue weighted by Gasteiger charge is -2.35. The zero-order chi connectivity index (χ0) is 82.1. The molecular weight excluding hydrogens is 1550 g/mol. The molecule has 0 radical (unpaired) electrons. The number of benzene rings is 20. The zero-order valence-electron chi connectivity index (χ0n) is 67.9. The maximum Gasteiger partial charge on any atom is 0.0714 e. The third-order valence-corrected chi connectivity index (χ3v) is 27.9. The molecule has 0 bridgehead atoms. The molecule has 2 aromatic heterocycles. The van der Waals surface area contributed by atoms with Gasteiger partial charge in [-0.25, -0.2) is 0 Å². The molecule has 0 amide bonds. The molecule has 2 aliphatic carbocycles. The number of anilines is 6. The molecule has 0 saturated heterocycles. The van der Waals surface area contributed by atoms with Gasteiger partial charge in [0, 0.05) is 74.5 Å². The molecule has 125 heavy (non-hydrogen) atoms. The van der Waals surface area contributed by atoms with Crippen molar-refractivity contribution in [3.63, 3.8) is 0 Å². The first-order valence-electron chi connectivity index (χ1n) is 42.6. The minimum Gasteiger partial charge on any atom is -0.310 e. The van der Waals surface area contributed by atoms with E-state index in [-0.39, 0.29) is 7.43 Å². The Balaban J connectivity index is 0.000000147. The second kappa shape index (κ2) is 31.9. The number of hydrogen-bond acceptors (Lipinski definition) is 4. The van der Waals surface area contributed by atoms with Crippen molar-refractivity contribution >= 4 is 108 Å². The molecule has 2 aliphatic rings. The molecular formula is C121H84N2S2. The number of rotatable bonds is 15. The summed E-state index contributed by atoms with van der Waals surface area (Å²) in [5.41, 5.74) is 33.2. The van der Waals surface area contributed by atoms with Crippen LogP contribution in [0.3, 0.4) is 0 Å². The lowest BCUT2D eigenvalue weighted by atomic mass is 9.66. The lowest BCUT2D eigenvalue weighted by Crippen LogP contribution is -2.28. The number of hydrogen-bond donors (Lipinski definition) is 0. The lowest BCUT2D eigenvalue weighted by molar-refractivity contribution is 0.771. The molecule has 2 heterocycles. The van der Waals surface area contributed by atoms with Gasteiger partial charge in [-0.1, -0.05) is 359 Å². The fourth-order valence-electron chi connectivity index (χ4n) is 20.0. The SMILES string of the molecule is C.c1ccc(-c2ccc(N(c3ccccc3)c3ccc4c(c3)sc3cc(C5(c6cccc(-c7ccccc7)c6)c6ccccc6-c6cc7ccccc7cc65)ccc34)cc2)cc1.c1ccc(-c2cccc(N(c3ccccc3)c3ccc4sc5ccc(C6(c7cc(-c8ccccc8)cc(-c8ccccc8)c7)c7ccccc7-c7ccccc76)cc5c4c3)c2)cc1. The van der Waals surface area contributed by atoms with Crippen LogP contribution in [0.5, 0.6) is 0 Å². The van der Waals surface area contributed by atoms with Crippen molar-refractivity contribution < 1.29 is 0 Å². The van der Waals surface area contributed by atoms with E-state index in [0.717, 1.165) is 34.1 Å². The van der Waals surface area contributed by atoms with Crippen LogP contribution in [0.2, 0.25) is 0 Å². The quantitative estimate of drug-likeness (QED) is 0.101. The van der Waals surface area contributed by atoms with E-state index >= 15 is 0 Å². The number of thiophene rings is 2. The van der Waals surface area contributed by atoms with Crippen molar-refractivity contribution in [1.82, 2.24) is 0 Å². The van der Waals surface area contributed by atoms with Gasteiger partial charge in [0.25, 0.3) is 0 Å². The number of fused-ring (bicyclic) bond motifs is 13. The Morgan fingerprint density at radius 1 is 0.160 bits per heavy atom. The van der Waals surface area contributed by atoms with E-state index in [2.05, 4.69) is 495 Å². The van der Waals surface area contributed by atoms with E-state index in [4.69, 9.17) is 0 Å². The van der Waals surface area contributed by atoms with E-state index in [1.165, 1.54) is 174 Å². The van der Waals surface area contributed by atoms with Crippen molar-refractivity contribution in [2.24, 2.45) is 0 Å². The molecule has 590 valence electrons. The van der Waals surface area contributed by atoms with Gasteiger partial charge in [0.15, 0.2) is 0 Å². The highest BCUT2D eigenvalue weighted by molar-refractivity contribution is 7.26. The molecule has 0 fully saturated rings. The van der Waals surface area contributed by atoms with Crippen LogP contribution in [0.25, 0.3) is 129 Å². The molecule has 1 unspecified atom stereocenters. The van der Waals surface area contributed by atoms with Crippen LogP contribution >= 0.6 is 22.7 Å². The first-order chi connectivity index (χ1) is 61.4. The Labute approximate surface area is 738 Å². The highest BCUT2D eigenvalue weighted by atomic mass is 32.1. The summed E-state index contributed by atoms with van der Waals surface area (Å²) in [5, 5.41) is 7.60. The van der Waals surface area contributed by atoms with E-state index in [1.807, 2.05) is 22.7 Å². The van der Waals surface area contributed by atoms with Crippen LogP contribution in [0.15, 0.2) is 485 Å². The third kappa shape index (κ3) is 13.2. The van der Waals surface area contributed by atoms with Crippen molar-refractivity contribution in [3.8, 4) is 77.9 Å². The zero-order valence-corrected chi connectivity index (χ0v) is 69.5. The minimum absolute atomic E-state index is 0. The summed E-state index contributed by atoms with van der Waals surface area (Å²) in [7, 11) is 0. The van der Waals surface area contributed by atoms with E-state index in [1.54, 1.807) is 0 Å². The highest BCUT2D eigenvalue weighted by Gasteiger charge is 2.48. The molecule has 0 aliphatic heterocycles. The van der Waals surface area contributed by atoms with Gasteiger partial charge >= 0.3 is 0 Å². The fourth-order valence-corrected chi connectivity index (χ4v) is 22.2. The Bertz CT molecular complexity index is 7670. The second-order valence-electron chi connectivity index (χ2n) is 32.5. The van der Waals surface area contributed by atoms with Gasteiger partial charge in [-0.05, 0) is 267 Å². The van der Waals surface area contributed by atoms with E-state index < -0.39 is 10.8 Å². The van der Waals surface area contributed by atoms with Gasteiger partial charge in [0.05, 0.1) is 10.8 Å². The van der Waals surface area contributed by atoms with Gasteiger partial charge in [-0.3, -0.25) is 0 Å².